The Morgan fingerprint density at radius 1 is 1.29 bits per heavy atom. The van der Waals surface area contributed by atoms with E-state index in [1.807, 2.05) is 13.0 Å². The number of rotatable bonds is 4. The fourth-order valence-electron chi connectivity index (χ4n) is 3.07. The summed E-state index contributed by atoms with van der Waals surface area (Å²) in [5, 5.41) is 8.71. The minimum Gasteiger partial charge on any atom is -0.478 e. The molecule has 1 aromatic carbocycles. The predicted molar refractivity (Wildman–Crippen MR) is 87.7 cm³/mol. The minimum atomic E-state index is -0.910. The molecule has 1 aliphatic rings. The molecule has 2 rings (SSSR count). The summed E-state index contributed by atoms with van der Waals surface area (Å²) in [5.74, 6) is -0.0492. The number of carboxylic acid groups (broad SMARTS) is 1. The van der Waals surface area contributed by atoms with Crippen molar-refractivity contribution in [3.05, 3.63) is 35.4 Å². The number of aliphatic carboxylic acids is 1. The van der Waals surface area contributed by atoms with Crippen LogP contribution in [0.15, 0.2) is 24.3 Å². The summed E-state index contributed by atoms with van der Waals surface area (Å²) in [6.45, 7) is 4.37. The third-order valence-corrected chi connectivity index (χ3v) is 4.60. The van der Waals surface area contributed by atoms with E-state index in [9.17, 15) is 4.79 Å². The second kappa shape index (κ2) is 6.79. The Labute approximate surface area is 127 Å². The molecule has 0 saturated heterocycles. The van der Waals surface area contributed by atoms with Crippen molar-refractivity contribution in [3.63, 3.8) is 0 Å². The van der Waals surface area contributed by atoms with E-state index < -0.39 is 5.97 Å². The summed E-state index contributed by atoms with van der Waals surface area (Å²) in [6, 6.07) is 6.87. The Balaban J connectivity index is 2.10. The maximum Gasteiger partial charge on any atom is 0.328 e. The van der Waals surface area contributed by atoms with Gasteiger partial charge in [0.05, 0.1) is 0 Å². The van der Waals surface area contributed by atoms with Gasteiger partial charge in [-0.2, -0.15) is 0 Å². The van der Waals surface area contributed by atoms with Gasteiger partial charge in [0.2, 0.25) is 0 Å². The Morgan fingerprint density at radius 2 is 1.95 bits per heavy atom. The molecule has 0 radical (unpaired) electrons. The highest BCUT2D eigenvalue weighted by Crippen LogP contribution is 2.30. The second-order valence-corrected chi connectivity index (χ2v) is 6.24. The van der Waals surface area contributed by atoms with E-state index in [1.165, 1.54) is 37.4 Å². The van der Waals surface area contributed by atoms with E-state index in [0.717, 1.165) is 17.0 Å². The Bertz CT molecular complexity index is 528. The summed E-state index contributed by atoms with van der Waals surface area (Å²) < 4.78 is 0. The van der Waals surface area contributed by atoms with Gasteiger partial charge in [0, 0.05) is 24.9 Å². The fraction of sp³-hybridized carbons (Fsp3) is 0.500. The van der Waals surface area contributed by atoms with Crippen LogP contribution in [0.4, 0.5) is 5.69 Å². The molecule has 3 nitrogen and oxygen atoms in total. The third-order valence-electron chi connectivity index (χ3n) is 4.60. The van der Waals surface area contributed by atoms with Gasteiger partial charge in [-0.15, -0.1) is 0 Å². The smallest absolute Gasteiger partial charge is 0.328 e. The van der Waals surface area contributed by atoms with Crippen LogP contribution >= 0.6 is 0 Å². The number of hydrogen-bond acceptors (Lipinski definition) is 2. The van der Waals surface area contributed by atoms with E-state index in [0.29, 0.717) is 6.04 Å². The molecule has 1 fully saturated rings. The second-order valence-electron chi connectivity index (χ2n) is 6.24. The number of benzene rings is 1. The monoisotopic (exact) mass is 287 g/mol. The molecule has 1 N–H and O–H groups in total. The van der Waals surface area contributed by atoms with Gasteiger partial charge >= 0.3 is 5.97 Å². The van der Waals surface area contributed by atoms with E-state index in [4.69, 9.17) is 5.11 Å². The normalized spacial score (nSPS) is 22.4. The van der Waals surface area contributed by atoms with Gasteiger partial charge in [-0.25, -0.2) is 4.79 Å². The largest absolute Gasteiger partial charge is 0.478 e. The lowest BCUT2D eigenvalue weighted by atomic mass is 9.86. The number of hydrogen-bond donors (Lipinski definition) is 1. The molecule has 0 unspecified atom stereocenters. The van der Waals surface area contributed by atoms with Crippen molar-refractivity contribution in [2.45, 2.75) is 45.6 Å². The molecule has 1 saturated carbocycles. The zero-order valence-corrected chi connectivity index (χ0v) is 13.2. The number of anilines is 1. The molecule has 114 valence electrons. The first kappa shape index (κ1) is 15.6. The van der Waals surface area contributed by atoms with Gasteiger partial charge in [0.25, 0.3) is 0 Å². The van der Waals surface area contributed by atoms with Crippen molar-refractivity contribution in [2.75, 3.05) is 11.9 Å². The molecule has 0 amide bonds. The highest BCUT2D eigenvalue weighted by Gasteiger charge is 2.22. The maximum atomic E-state index is 10.6. The molecular weight excluding hydrogens is 262 g/mol. The van der Waals surface area contributed by atoms with Crippen LogP contribution in [0, 0.1) is 12.8 Å². The minimum absolute atomic E-state index is 0.626. The van der Waals surface area contributed by atoms with Gasteiger partial charge in [0.15, 0.2) is 0 Å². The molecule has 21 heavy (non-hydrogen) atoms. The lowest BCUT2D eigenvalue weighted by Gasteiger charge is -2.35. The average molecular weight is 287 g/mol. The molecule has 0 atom stereocenters. The van der Waals surface area contributed by atoms with E-state index in [1.54, 1.807) is 6.08 Å². The van der Waals surface area contributed by atoms with Gasteiger partial charge in [-0.1, -0.05) is 13.0 Å². The Kier molecular flexibility index (Phi) is 5.05. The molecule has 1 aromatic rings. The van der Waals surface area contributed by atoms with Gasteiger partial charge in [-0.3, -0.25) is 0 Å². The van der Waals surface area contributed by atoms with Crippen molar-refractivity contribution in [1.29, 1.82) is 0 Å². The van der Waals surface area contributed by atoms with Crippen molar-refractivity contribution >= 4 is 17.7 Å². The van der Waals surface area contributed by atoms with E-state index in [-0.39, 0.29) is 0 Å². The van der Waals surface area contributed by atoms with Crippen molar-refractivity contribution < 1.29 is 9.90 Å². The fourth-order valence-corrected chi connectivity index (χ4v) is 3.07. The first-order valence-corrected chi connectivity index (χ1v) is 7.72. The average Bonchev–Trinajstić information content (AvgIpc) is 2.46. The summed E-state index contributed by atoms with van der Waals surface area (Å²) in [6.07, 6.45) is 7.99. The van der Waals surface area contributed by atoms with Crippen LogP contribution < -0.4 is 4.90 Å². The molecule has 0 aromatic heterocycles. The summed E-state index contributed by atoms with van der Waals surface area (Å²) in [7, 11) is 2.17. The van der Waals surface area contributed by atoms with Crippen molar-refractivity contribution in [3.8, 4) is 0 Å². The number of nitrogens with zero attached hydrogens (tertiary/aromatic N) is 1. The SMILES string of the molecule is Cc1cc(N(C)C2CCC(C)CC2)ccc1C=CC(=O)O. The van der Waals surface area contributed by atoms with E-state index in [2.05, 4.69) is 31.0 Å². The number of aryl methyl sites for hydroxylation is 1. The molecular formula is C18H25NO2. The molecule has 0 aliphatic heterocycles. The van der Waals surface area contributed by atoms with Crippen LogP contribution in [0.25, 0.3) is 6.08 Å². The molecule has 0 bridgehead atoms. The van der Waals surface area contributed by atoms with Gasteiger partial charge in [-0.05, 0) is 67.9 Å². The lowest BCUT2D eigenvalue weighted by Crippen LogP contribution is -2.34. The topological polar surface area (TPSA) is 40.5 Å². The standard InChI is InChI=1S/C18H25NO2/c1-13-4-8-16(9-5-13)19(3)17-10-6-15(14(2)12-17)7-11-18(20)21/h6-7,10-13,16H,4-5,8-9H2,1-3H3,(H,20,21). The Morgan fingerprint density at radius 3 is 2.52 bits per heavy atom. The lowest BCUT2D eigenvalue weighted by molar-refractivity contribution is -0.131. The van der Waals surface area contributed by atoms with Crippen molar-refractivity contribution in [2.24, 2.45) is 5.92 Å². The highest BCUT2D eigenvalue weighted by atomic mass is 16.4. The first-order valence-electron chi connectivity index (χ1n) is 7.72. The van der Waals surface area contributed by atoms with E-state index >= 15 is 0 Å². The number of carbonyl (C=O) groups is 1. The zero-order chi connectivity index (χ0) is 15.4. The summed E-state index contributed by atoms with van der Waals surface area (Å²) in [5.41, 5.74) is 3.30. The van der Waals surface area contributed by atoms with Crippen LogP contribution in [0.1, 0.15) is 43.7 Å². The van der Waals surface area contributed by atoms with Gasteiger partial charge in [0.1, 0.15) is 0 Å². The van der Waals surface area contributed by atoms with Crippen LogP contribution in [-0.4, -0.2) is 24.2 Å². The van der Waals surface area contributed by atoms with Crippen LogP contribution in [-0.2, 0) is 4.79 Å². The molecule has 0 spiro atoms. The van der Waals surface area contributed by atoms with Crippen LogP contribution in [0.3, 0.4) is 0 Å². The highest BCUT2D eigenvalue weighted by molar-refractivity contribution is 5.85. The zero-order valence-electron chi connectivity index (χ0n) is 13.2. The van der Waals surface area contributed by atoms with Crippen molar-refractivity contribution in [1.82, 2.24) is 0 Å². The summed E-state index contributed by atoms with van der Waals surface area (Å²) >= 11 is 0. The Hall–Kier alpha value is -1.77. The van der Waals surface area contributed by atoms with Crippen LogP contribution in [0.5, 0.6) is 0 Å². The summed E-state index contributed by atoms with van der Waals surface area (Å²) in [4.78, 5) is 13.0. The number of carboxylic acids is 1. The maximum absolute atomic E-state index is 10.6. The van der Waals surface area contributed by atoms with Crippen LogP contribution in [0.2, 0.25) is 0 Å². The molecule has 3 heteroatoms. The predicted octanol–water partition coefficient (Wildman–Crippen LogP) is 4.11. The molecule has 1 aliphatic carbocycles. The quantitative estimate of drug-likeness (QED) is 0.847. The van der Waals surface area contributed by atoms with Gasteiger partial charge < -0.3 is 10.0 Å². The molecule has 0 heterocycles. The third kappa shape index (κ3) is 4.10. The first-order chi connectivity index (χ1) is 9.97.